The van der Waals surface area contributed by atoms with E-state index in [9.17, 15) is 9.59 Å². The van der Waals surface area contributed by atoms with Gasteiger partial charge in [-0.15, -0.1) is 0 Å². The Hall–Kier alpha value is -1.68. The first-order valence-corrected chi connectivity index (χ1v) is 7.21. The topological polar surface area (TPSA) is 63.4 Å². The Labute approximate surface area is 119 Å². The molecule has 0 spiro atoms. The van der Waals surface area contributed by atoms with Crippen molar-refractivity contribution >= 4 is 11.8 Å². The summed E-state index contributed by atoms with van der Waals surface area (Å²) in [5.41, 5.74) is 8.37. The minimum atomic E-state index is -0.316. The van der Waals surface area contributed by atoms with Gasteiger partial charge in [-0.2, -0.15) is 0 Å². The Morgan fingerprint density at radius 1 is 1.30 bits per heavy atom. The zero-order valence-electron chi connectivity index (χ0n) is 12.1. The van der Waals surface area contributed by atoms with Gasteiger partial charge >= 0.3 is 0 Å². The van der Waals surface area contributed by atoms with Crippen molar-refractivity contribution in [1.29, 1.82) is 0 Å². The lowest BCUT2D eigenvalue weighted by molar-refractivity contribution is -0.139. The Morgan fingerprint density at radius 3 is 2.45 bits per heavy atom. The second-order valence-corrected chi connectivity index (χ2v) is 5.55. The van der Waals surface area contributed by atoms with Crippen LogP contribution in [0.2, 0.25) is 0 Å². The third-order valence-electron chi connectivity index (χ3n) is 3.80. The second kappa shape index (κ2) is 6.18. The Balaban J connectivity index is 2.02. The van der Waals surface area contributed by atoms with Crippen molar-refractivity contribution in [3.63, 3.8) is 0 Å². The molecule has 4 heteroatoms. The van der Waals surface area contributed by atoms with Gasteiger partial charge in [-0.1, -0.05) is 44.5 Å². The van der Waals surface area contributed by atoms with Crippen molar-refractivity contribution in [2.45, 2.75) is 39.2 Å². The van der Waals surface area contributed by atoms with Gasteiger partial charge in [0, 0.05) is 24.9 Å². The Bertz CT molecular complexity index is 496. The molecule has 0 bridgehead atoms. The number of imide groups is 1. The van der Waals surface area contributed by atoms with Crippen molar-refractivity contribution in [3.05, 3.63) is 35.4 Å². The van der Waals surface area contributed by atoms with Crippen LogP contribution in [0.4, 0.5) is 0 Å². The van der Waals surface area contributed by atoms with Crippen LogP contribution in [0, 0.1) is 5.92 Å². The van der Waals surface area contributed by atoms with Gasteiger partial charge in [-0.3, -0.25) is 14.5 Å². The van der Waals surface area contributed by atoms with Crippen LogP contribution in [0.15, 0.2) is 24.3 Å². The van der Waals surface area contributed by atoms with Crippen molar-refractivity contribution in [2.24, 2.45) is 11.7 Å². The summed E-state index contributed by atoms with van der Waals surface area (Å²) in [6.45, 7) is 4.20. The van der Waals surface area contributed by atoms with Gasteiger partial charge in [0.25, 0.3) is 0 Å². The fourth-order valence-electron chi connectivity index (χ4n) is 2.56. The predicted octanol–water partition coefficient (Wildman–Crippen LogP) is 2.03. The third-order valence-corrected chi connectivity index (χ3v) is 3.80. The molecule has 1 aromatic carbocycles. The summed E-state index contributed by atoms with van der Waals surface area (Å²) < 4.78 is 0. The normalized spacial score (nSPS) is 20.6. The number of rotatable bonds is 5. The zero-order valence-corrected chi connectivity index (χ0v) is 12.1. The van der Waals surface area contributed by atoms with Crippen molar-refractivity contribution in [2.75, 3.05) is 6.54 Å². The molecule has 0 aromatic heterocycles. The van der Waals surface area contributed by atoms with Crippen LogP contribution < -0.4 is 5.73 Å². The lowest BCUT2D eigenvalue weighted by atomic mass is 10.0. The van der Waals surface area contributed by atoms with Crippen molar-refractivity contribution < 1.29 is 9.59 Å². The summed E-state index contributed by atoms with van der Waals surface area (Å²) in [7, 11) is 0. The largest absolute Gasteiger partial charge is 0.322 e. The van der Waals surface area contributed by atoms with Gasteiger partial charge in [0.15, 0.2) is 0 Å². The summed E-state index contributed by atoms with van der Waals surface area (Å²) in [5, 5.41) is 0. The fourth-order valence-corrected chi connectivity index (χ4v) is 2.56. The maximum absolute atomic E-state index is 11.9. The van der Waals surface area contributed by atoms with Crippen LogP contribution in [-0.2, 0) is 16.0 Å². The standard InChI is InChI=1S/C16H22N2O2/c1-3-4-12-5-7-13(8-6-12)14(17)10-18-15(19)9-11(2)16(18)20/h5-8,11,14H,3-4,9-10,17H2,1-2H3. The molecule has 1 fully saturated rings. The maximum Gasteiger partial charge on any atom is 0.232 e. The van der Waals surface area contributed by atoms with Crippen LogP contribution >= 0.6 is 0 Å². The minimum Gasteiger partial charge on any atom is -0.322 e. The number of nitrogens with zero attached hydrogens (tertiary/aromatic N) is 1. The molecule has 2 atom stereocenters. The number of likely N-dealkylation sites (tertiary alicyclic amines) is 1. The van der Waals surface area contributed by atoms with Crippen LogP contribution in [0.3, 0.4) is 0 Å². The molecule has 2 amide bonds. The maximum atomic E-state index is 11.9. The summed E-state index contributed by atoms with van der Waals surface area (Å²) in [6, 6.07) is 7.79. The highest BCUT2D eigenvalue weighted by atomic mass is 16.2. The van der Waals surface area contributed by atoms with Crippen LogP contribution in [-0.4, -0.2) is 23.3 Å². The van der Waals surface area contributed by atoms with Crippen LogP contribution in [0.25, 0.3) is 0 Å². The van der Waals surface area contributed by atoms with Gasteiger partial charge in [-0.05, 0) is 17.5 Å². The lowest BCUT2D eigenvalue weighted by Gasteiger charge is -2.20. The number of benzene rings is 1. The molecule has 1 aromatic rings. The second-order valence-electron chi connectivity index (χ2n) is 5.55. The monoisotopic (exact) mass is 274 g/mol. The van der Waals surface area contributed by atoms with E-state index >= 15 is 0 Å². The smallest absolute Gasteiger partial charge is 0.232 e. The summed E-state index contributed by atoms with van der Waals surface area (Å²) in [5.74, 6) is -0.421. The quantitative estimate of drug-likeness (QED) is 0.836. The Kier molecular flexibility index (Phi) is 4.55. The fraction of sp³-hybridized carbons (Fsp3) is 0.500. The first-order valence-electron chi connectivity index (χ1n) is 7.21. The molecule has 20 heavy (non-hydrogen) atoms. The van der Waals surface area contributed by atoms with E-state index in [4.69, 9.17) is 5.73 Å². The molecule has 0 aliphatic carbocycles. The van der Waals surface area contributed by atoms with E-state index in [0.29, 0.717) is 6.42 Å². The van der Waals surface area contributed by atoms with E-state index in [-0.39, 0.29) is 30.3 Å². The van der Waals surface area contributed by atoms with E-state index in [1.54, 1.807) is 6.92 Å². The number of aryl methyl sites for hydroxylation is 1. The van der Waals surface area contributed by atoms with E-state index in [1.807, 2.05) is 12.1 Å². The summed E-state index contributed by atoms with van der Waals surface area (Å²) in [4.78, 5) is 24.9. The highest BCUT2D eigenvalue weighted by Gasteiger charge is 2.36. The van der Waals surface area contributed by atoms with Gasteiger partial charge in [0.1, 0.15) is 0 Å². The van der Waals surface area contributed by atoms with Crippen LogP contribution in [0.1, 0.15) is 43.9 Å². The summed E-state index contributed by atoms with van der Waals surface area (Å²) in [6.07, 6.45) is 2.47. The molecular formula is C16H22N2O2. The van der Waals surface area contributed by atoms with E-state index in [2.05, 4.69) is 19.1 Å². The van der Waals surface area contributed by atoms with Gasteiger partial charge in [0.05, 0.1) is 0 Å². The lowest BCUT2D eigenvalue weighted by Crippen LogP contribution is -2.36. The van der Waals surface area contributed by atoms with Gasteiger partial charge in [-0.25, -0.2) is 0 Å². The average molecular weight is 274 g/mol. The molecule has 1 aliphatic rings. The summed E-state index contributed by atoms with van der Waals surface area (Å²) >= 11 is 0. The average Bonchev–Trinajstić information content (AvgIpc) is 2.66. The molecule has 2 rings (SSSR count). The molecule has 1 heterocycles. The number of carbonyl (C=O) groups is 2. The van der Waals surface area contributed by atoms with E-state index < -0.39 is 0 Å². The molecule has 4 nitrogen and oxygen atoms in total. The van der Waals surface area contributed by atoms with Crippen LogP contribution in [0.5, 0.6) is 0 Å². The first-order chi connectivity index (χ1) is 9.52. The molecule has 0 radical (unpaired) electrons. The predicted molar refractivity (Wildman–Crippen MR) is 77.9 cm³/mol. The molecule has 1 aliphatic heterocycles. The number of amides is 2. The van der Waals surface area contributed by atoms with E-state index in [1.165, 1.54) is 10.5 Å². The molecule has 2 unspecified atom stereocenters. The molecule has 108 valence electrons. The van der Waals surface area contributed by atoms with Crippen molar-refractivity contribution in [3.8, 4) is 0 Å². The van der Waals surface area contributed by atoms with Gasteiger partial charge < -0.3 is 5.73 Å². The van der Waals surface area contributed by atoms with E-state index in [0.717, 1.165) is 18.4 Å². The van der Waals surface area contributed by atoms with Gasteiger partial charge in [0.2, 0.25) is 11.8 Å². The number of hydrogen-bond acceptors (Lipinski definition) is 3. The molecular weight excluding hydrogens is 252 g/mol. The number of nitrogens with two attached hydrogens (primary N) is 1. The zero-order chi connectivity index (χ0) is 14.7. The first kappa shape index (κ1) is 14.7. The number of carbonyl (C=O) groups excluding carboxylic acids is 2. The molecule has 2 N–H and O–H groups in total. The minimum absolute atomic E-state index is 0.104. The SMILES string of the molecule is CCCc1ccc(C(N)CN2C(=O)CC(C)C2=O)cc1. The third kappa shape index (κ3) is 3.07. The Morgan fingerprint density at radius 2 is 1.95 bits per heavy atom. The number of hydrogen-bond donors (Lipinski definition) is 1. The molecule has 0 saturated carbocycles. The highest BCUT2D eigenvalue weighted by molar-refractivity contribution is 6.03. The highest BCUT2D eigenvalue weighted by Crippen LogP contribution is 2.22. The van der Waals surface area contributed by atoms with Crippen molar-refractivity contribution in [1.82, 2.24) is 4.90 Å². The molecule has 1 saturated heterocycles.